The van der Waals surface area contributed by atoms with Gasteiger partial charge in [0, 0.05) is 36.3 Å². The summed E-state index contributed by atoms with van der Waals surface area (Å²) in [5.41, 5.74) is 9.86. The Balaban J connectivity index is 1.49. The lowest BCUT2D eigenvalue weighted by Crippen LogP contribution is -2.30. The summed E-state index contributed by atoms with van der Waals surface area (Å²) in [4.78, 5) is 40.5. The van der Waals surface area contributed by atoms with E-state index in [1.54, 1.807) is 42.5 Å². The van der Waals surface area contributed by atoms with Crippen molar-refractivity contribution >= 4 is 29.0 Å². The Hall–Kier alpha value is -4.71. The van der Waals surface area contributed by atoms with E-state index in [4.69, 9.17) is 10.7 Å². The summed E-state index contributed by atoms with van der Waals surface area (Å²) in [6.45, 7) is 4.22. The van der Waals surface area contributed by atoms with Crippen LogP contribution in [0.1, 0.15) is 47.6 Å². The minimum absolute atomic E-state index is 0.209. The number of amides is 2. The summed E-state index contributed by atoms with van der Waals surface area (Å²) < 4.78 is 1.90. The summed E-state index contributed by atoms with van der Waals surface area (Å²) in [5.74, 6) is 6.41. The molecule has 0 aliphatic carbocycles. The van der Waals surface area contributed by atoms with E-state index < -0.39 is 0 Å². The fraction of sp³-hybridized carbons (Fsp3) is 0.222. The van der Waals surface area contributed by atoms with E-state index >= 15 is 0 Å². The number of hydrogen-bond acceptors (Lipinski definition) is 6. The molecule has 1 atom stereocenters. The molecule has 0 spiro atoms. The number of aromatic nitrogens is 4. The summed E-state index contributed by atoms with van der Waals surface area (Å²) in [5, 5.41) is 2.82. The Labute approximate surface area is 208 Å². The van der Waals surface area contributed by atoms with E-state index in [-0.39, 0.29) is 17.9 Å². The smallest absolute Gasteiger partial charge is 0.299 e. The second-order valence-corrected chi connectivity index (χ2v) is 8.63. The highest BCUT2D eigenvalue weighted by Crippen LogP contribution is 2.36. The maximum absolute atomic E-state index is 12.7. The number of aryl methyl sites for hydroxylation is 1. The molecule has 2 amide bonds. The number of nitrogens with two attached hydrogens (primary N) is 1. The molecule has 9 nitrogen and oxygen atoms in total. The van der Waals surface area contributed by atoms with E-state index in [9.17, 15) is 9.59 Å². The fourth-order valence-corrected chi connectivity index (χ4v) is 4.55. The van der Waals surface area contributed by atoms with Gasteiger partial charge in [0.2, 0.25) is 0 Å². The van der Waals surface area contributed by atoms with Gasteiger partial charge in [0.15, 0.2) is 0 Å². The van der Waals surface area contributed by atoms with Gasteiger partial charge in [0.05, 0.1) is 6.04 Å². The third kappa shape index (κ3) is 4.25. The SMILES string of the molecule is CC#CC(=O)N1CCCC1c1nc(-c2ccc(C(=O)Nc3cc(C)ccn3)cc2)c2c(N)nccn12. The number of hydrogen-bond donors (Lipinski definition) is 2. The van der Waals surface area contributed by atoms with Gasteiger partial charge in [-0.15, -0.1) is 0 Å². The van der Waals surface area contributed by atoms with Crippen LogP contribution in [-0.4, -0.2) is 42.6 Å². The minimum atomic E-state index is -0.256. The number of anilines is 2. The van der Waals surface area contributed by atoms with Crippen molar-refractivity contribution in [2.24, 2.45) is 0 Å². The van der Waals surface area contributed by atoms with Gasteiger partial charge in [-0.25, -0.2) is 15.0 Å². The van der Waals surface area contributed by atoms with Crippen LogP contribution in [-0.2, 0) is 4.79 Å². The van der Waals surface area contributed by atoms with E-state index in [1.807, 2.05) is 35.6 Å². The van der Waals surface area contributed by atoms with Crippen LogP contribution in [0.4, 0.5) is 11.6 Å². The third-order valence-electron chi connectivity index (χ3n) is 6.23. The lowest BCUT2D eigenvalue weighted by atomic mass is 10.1. The van der Waals surface area contributed by atoms with Gasteiger partial charge in [0.1, 0.15) is 28.7 Å². The number of fused-ring (bicyclic) bond motifs is 1. The highest BCUT2D eigenvalue weighted by atomic mass is 16.2. The first-order valence-electron chi connectivity index (χ1n) is 11.7. The molecular weight excluding hydrogens is 454 g/mol. The largest absolute Gasteiger partial charge is 0.382 e. The number of nitrogens with zero attached hydrogens (tertiary/aromatic N) is 5. The Morgan fingerprint density at radius 2 is 1.94 bits per heavy atom. The molecule has 0 saturated carbocycles. The van der Waals surface area contributed by atoms with E-state index in [0.717, 1.165) is 24.0 Å². The topological polar surface area (TPSA) is 119 Å². The average Bonchev–Trinajstić information content (AvgIpc) is 3.50. The first kappa shape index (κ1) is 23.1. The monoisotopic (exact) mass is 479 g/mol. The fourth-order valence-electron chi connectivity index (χ4n) is 4.55. The summed E-state index contributed by atoms with van der Waals surface area (Å²) in [6, 6.07) is 10.6. The van der Waals surface area contributed by atoms with Crippen molar-refractivity contribution in [3.05, 3.63) is 71.9 Å². The maximum Gasteiger partial charge on any atom is 0.299 e. The van der Waals surface area contributed by atoms with E-state index in [1.165, 1.54) is 0 Å². The molecule has 0 radical (unpaired) electrons. The Kier molecular flexibility index (Phi) is 6.09. The number of benzene rings is 1. The lowest BCUT2D eigenvalue weighted by molar-refractivity contribution is -0.126. The van der Waals surface area contributed by atoms with Crippen molar-refractivity contribution in [3.63, 3.8) is 0 Å². The number of rotatable bonds is 4. The first-order chi connectivity index (χ1) is 17.5. The Morgan fingerprint density at radius 3 is 2.69 bits per heavy atom. The van der Waals surface area contributed by atoms with Gasteiger partial charge in [-0.2, -0.15) is 0 Å². The van der Waals surface area contributed by atoms with Gasteiger partial charge in [-0.05, 0) is 62.4 Å². The minimum Gasteiger partial charge on any atom is -0.382 e. The molecule has 1 aromatic carbocycles. The zero-order valence-electron chi connectivity index (χ0n) is 20.0. The first-order valence-corrected chi connectivity index (χ1v) is 11.7. The lowest BCUT2D eigenvalue weighted by Gasteiger charge is -2.21. The summed E-state index contributed by atoms with van der Waals surface area (Å²) in [6.07, 6.45) is 6.73. The highest BCUT2D eigenvalue weighted by molar-refractivity contribution is 6.04. The Bertz CT molecular complexity index is 1530. The molecule has 9 heteroatoms. The van der Waals surface area contributed by atoms with Crippen LogP contribution in [0.2, 0.25) is 0 Å². The van der Waals surface area contributed by atoms with Crippen molar-refractivity contribution in [1.29, 1.82) is 0 Å². The van der Waals surface area contributed by atoms with Gasteiger partial charge < -0.3 is 16.0 Å². The summed E-state index contributed by atoms with van der Waals surface area (Å²) in [7, 11) is 0. The number of carbonyl (C=O) groups is 2. The number of imidazole rings is 1. The second-order valence-electron chi connectivity index (χ2n) is 8.63. The van der Waals surface area contributed by atoms with Crippen molar-refractivity contribution in [1.82, 2.24) is 24.3 Å². The standard InChI is InChI=1S/C27H25N7O2/c1-3-5-22(35)33-14-4-6-20(33)26-32-23(24-25(28)30-13-15-34(24)26)18-7-9-19(10-8-18)27(36)31-21-16-17(2)11-12-29-21/h7-13,15-16,20H,4,6,14H2,1-2H3,(H2,28,30)(H,29,31,36). The molecule has 1 aliphatic heterocycles. The van der Waals surface area contributed by atoms with Gasteiger partial charge in [-0.3, -0.25) is 14.0 Å². The number of pyridine rings is 1. The predicted octanol–water partition coefficient (Wildman–Crippen LogP) is 3.62. The zero-order chi connectivity index (χ0) is 25.2. The zero-order valence-corrected chi connectivity index (χ0v) is 20.0. The third-order valence-corrected chi connectivity index (χ3v) is 6.23. The van der Waals surface area contributed by atoms with Crippen LogP contribution < -0.4 is 11.1 Å². The molecule has 5 rings (SSSR count). The summed E-state index contributed by atoms with van der Waals surface area (Å²) >= 11 is 0. The molecule has 1 fully saturated rings. The van der Waals surface area contributed by atoms with Crippen LogP contribution in [0.3, 0.4) is 0 Å². The van der Waals surface area contributed by atoms with Gasteiger partial charge in [-0.1, -0.05) is 18.1 Å². The van der Waals surface area contributed by atoms with Crippen LogP contribution in [0.5, 0.6) is 0 Å². The van der Waals surface area contributed by atoms with Gasteiger partial charge >= 0.3 is 0 Å². The predicted molar refractivity (Wildman–Crippen MR) is 137 cm³/mol. The number of nitrogens with one attached hydrogen (secondary N) is 1. The van der Waals surface area contributed by atoms with Crippen molar-refractivity contribution in [2.45, 2.75) is 32.7 Å². The molecule has 3 aromatic heterocycles. The molecule has 180 valence electrons. The molecule has 4 heterocycles. The van der Waals surface area contributed by atoms with E-state index in [0.29, 0.717) is 40.8 Å². The van der Waals surface area contributed by atoms with Crippen LogP contribution >= 0.6 is 0 Å². The van der Waals surface area contributed by atoms with Crippen molar-refractivity contribution in [2.75, 3.05) is 17.6 Å². The highest BCUT2D eigenvalue weighted by Gasteiger charge is 2.33. The molecule has 1 saturated heterocycles. The van der Waals surface area contributed by atoms with Crippen LogP contribution in [0, 0.1) is 18.8 Å². The van der Waals surface area contributed by atoms with Gasteiger partial charge in [0.25, 0.3) is 11.8 Å². The Morgan fingerprint density at radius 1 is 1.14 bits per heavy atom. The molecule has 36 heavy (non-hydrogen) atoms. The van der Waals surface area contributed by atoms with Crippen molar-refractivity contribution in [3.8, 4) is 23.1 Å². The van der Waals surface area contributed by atoms with Crippen LogP contribution in [0.25, 0.3) is 16.8 Å². The molecule has 3 N–H and O–H groups in total. The molecule has 1 unspecified atom stereocenters. The molecule has 0 bridgehead atoms. The molecule has 1 aliphatic rings. The maximum atomic E-state index is 12.7. The average molecular weight is 480 g/mol. The van der Waals surface area contributed by atoms with E-state index in [2.05, 4.69) is 27.1 Å². The quantitative estimate of drug-likeness (QED) is 0.432. The molecular formula is C27H25N7O2. The normalized spacial score (nSPS) is 14.9. The number of nitrogen functional groups attached to an aromatic ring is 1. The second kappa shape index (κ2) is 9.50. The molecule has 4 aromatic rings. The van der Waals surface area contributed by atoms with Crippen molar-refractivity contribution < 1.29 is 9.59 Å². The number of likely N-dealkylation sites (tertiary alicyclic amines) is 1. The number of carbonyl (C=O) groups excluding carboxylic acids is 2. The van der Waals surface area contributed by atoms with Crippen LogP contribution in [0.15, 0.2) is 55.0 Å².